The van der Waals surface area contributed by atoms with Gasteiger partial charge in [-0.2, -0.15) is 0 Å². The van der Waals surface area contributed by atoms with Crippen molar-refractivity contribution in [3.63, 3.8) is 0 Å². The quantitative estimate of drug-likeness (QED) is 0.790. The zero-order valence-electron chi connectivity index (χ0n) is 12.5. The Morgan fingerprint density at radius 2 is 2.05 bits per heavy atom. The Morgan fingerprint density at radius 1 is 1.35 bits per heavy atom. The van der Waals surface area contributed by atoms with Crippen molar-refractivity contribution in [2.45, 2.75) is 57.4 Å². The van der Waals surface area contributed by atoms with Crippen LogP contribution in [0, 0.1) is 5.92 Å². The molecule has 114 valence electrons. The summed E-state index contributed by atoms with van der Waals surface area (Å²) >= 11 is 0. The molecule has 1 saturated heterocycles. The molecule has 0 aromatic rings. The summed E-state index contributed by atoms with van der Waals surface area (Å²) in [6, 6.07) is 0. The monoisotopic (exact) mass is 281 g/mol. The van der Waals surface area contributed by atoms with E-state index in [2.05, 4.69) is 5.32 Å². The van der Waals surface area contributed by atoms with Gasteiger partial charge in [-0.05, 0) is 38.5 Å². The van der Waals surface area contributed by atoms with Gasteiger partial charge in [-0.15, -0.1) is 0 Å². The summed E-state index contributed by atoms with van der Waals surface area (Å²) in [4.78, 5) is 25.9. The van der Waals surface area contributed by atoms with E-state index in [1.54, 1.807) is 4.90 Å². The van der Waals surface area contributed by atoms with Gasteiger partial charge >= 0.3 is 0 Å². The van der Waals surface area contributed by atoms with Crippen LogP contribution in [-0.2, 0) is 9.59 Å². The predicted octanol–water partition coefficient (Wildman–Crippen LogP) is 1.02. The first kappa shape index (κ1) is 15.3. The minimum absolute atomic E-state index is 0.0706. The summed E-state index contributed by atoms with van der Waals surface area (Å²) in [5.74, 6) is 0.541. The lowest BCUT2D eigenvalue weighted by Gasteiger charge is -2.31. The van der Waals surface area contributed by atoms with Gasteiger partial charge in [0.05, 0.1) is 12.1 Å². The van der Waals surface area contributed by atoms with Gasteiger partial charge in [0.2, 0.25) is 11.8 Å². The van der Waals surface area contributed by atoms with Gasteiger partial charge in [-0.3, -0.25) is 9.59 Å². The van der Waals surface area contributed by atoms with E-state index in [0.717, 1.165) is 38.5 Å². The number of nitrogens with two attached hydrogens (primary N) is 1. The fraction of sp³-hybridized carbons (Fsp3) is 0.867. The average Bonchev–Trinajstić information content (AvgIpc) is 3.23. The number of nitrogens with zero attached hydrogens (tertiary/aromatic N) is 1. The number of hydrogen-bond acceptors (Lipinski definition) is 3. The lowest BCUT2D eigenvalue weighted by atomic mass is 9.96. The van der Waals surface area contributed by atoms with Crippen LogP contribution >= 0.6 is 0 Å². The minimum Gasteiger partial charge on any atom is -0.348 e. The van der Waals surface area contributed by atoms with Gasteiger partial charge in [0.25, 0.3) is 0 Å². The Labute approximate surface area is 121 Å². The first-order valence-electron chi connectivity index (χ1n) is 7.84. The summed E-state index contributed by atoms with van der Waals surface area (Å²) in [7, 11) is 0. The molecule has 2 aliphatic rings. The second-order valence-corrected chi connectivity index (χ2v) is 6.42. The third-order valence-corrected chi connectivity index (χ3v) is 4.58. The normalized spacial score (nSPS) is 23.7. The summed E-state index contributed by atoms with van der Waals surface area (Å²) in [6.07, 6.45) is 7.05. The first-order valence-corrected chi connectivity index (χ1v) is 7.84. The third kappa shape index (κ3) is 3.95. The molecule has 2 rings (SSSR count). The lowest BCUT2D eigenvalue weighted by Crippen LogP contribution is -2.55. The highest BCUT2D eigenvalue weighted by Gasteiger charge is 2.41. The summed E-state index contributed by atoms with van der Waals surface area (Å²) < 4.78 is 0. The van der Waals surface area contributed by atoms with Crippen LogP contribution in [-0.4, -0.2) is 41.9 Å². The molecule has 3 N–H and O–H groups in total. The maximum absolute atomic E-state index is 12.2. The molecule has 1 aliphatic carbocycles. The molecule has 1 atom stereocenters. The standard InChI is InChI=1S/C15H27N3O2/c1-15(11-16,12-7-8-12)17-13(19)10-18-9-5-3-2-4-6-14(18)20/h12H,2-11,16H2,1H3,(H,17,19). The maximum atomic E-state index is 12.2. The molecule has 0 radical (unpaired) electrons. The zero-order chi connectivity index (χ0) is 14.6. The number of carbonyl (C=O) groups excluding carboxylic acids is 2. The SMILES string of the molecule is CC(CN)(NC(=O)CN1CCCCCCC1=O)C1CC1. The molecule has 1 unspecified atom stereocenters. The lowest BCUT2D eigenvalue weighted by molar-refractivity contribution is -0.137. The van der Waals surface area contributed by atoms with E-state index in [1.807, 2.05) is 6.92 Å². The van der Waals surface area contributed by atoms with Gasteiger partial charge in [0, 0.05) is 19.5 Å². The first-order chi connectivity index (χ1) is 9.55. The average molecular weight is 281 g/mol. The predicted molar refractivity (Wildman–Crippen MR) is 78.0 cm³/mol. The fourth-order valence-electron chi connectivity index (χ4n) is 2.95. The number of likely N-dealkylation sites (tertiary alicyclic amines) is 1. The van der Waals surface area contributed by atoms with Crippen molar-refractivity contribution in [1.82, 2.24) is 10.2 Å². The number of nitrogens with one attached hydrogen (secondary N) is 1. The molecule has 2 fully saturated rings. The molecule has 0 aromatic heterocycles. The molecule has 0 spiro atoms. The van der Waals surface area contributed by atoms with Crippen LogP contribution in [0.15, 0.2) is 0 Å². The summed E-state index contributed by atoms with van der Waals surface area (Å²) in [5, 5.41) is 3.05. The van der Waals surface area contributed by atoms with Gasteiger partial charge < -0.3 is 16.0 Å². The van der Waals surface area contributed by atoms with E-state index >= 15 is 0 Å². The van der Waals surface area contributed by atoms with Crippen LogP contribution in [0.2, 0.25) is 0 Å². The number of hydrogen-bond donors (Lipinski definition) is 2. The highest BCUT2D eigenvalue weighted by molar-refractivity contribution is 5.85. The van der Waals surface area contributed by atoms with Crippen molar-refractivity contribution in [1.29, 1.82) is 0 Å². The second kappa shape index (κ2) is 6.57. The highest BCUT2D eigenvalue weighted by atomic mass is 16.2. The molecule has 20 heavy (non-hydrogen) atoms. The van der Waals surface area contributed by atoms with Crippen LogP contribution in [0.5, 0.6) is 0 Å². The second-order valence-electron chi connectivity index (χ2n) is 6.42. The molecule has 1 heterocycles. The maximum Gasteiger partial charge on any atom is 0.240 e. The molecule has 5 heteroatoms. The Balaban J connectivity index is 1.87. The molecule has 5 nitrogen and oxygen atoms in total. The largest absolute Gasteiger partial charge is 0.348 e. The van der Waals surface area contributed by atoms with E-state index in [9.17, 15) is 9.59 Å². The van der Waals surface area contributed by atoms with E-state index < -0.39 is 0 Å². The number of carbonyl (C=O) groups is 2. The topological polar surface area (TPSA) is 75.4 Å². The highest BCUT2D eigenvalue weighted by Crippen LogP contribution is 2.38. The Bertz CT molecular complexity index is 368. The van der Waals surface area contributed by atoms with E-state index in [1.165, 1.54) is 0 Å². The van der Waals surface area contributed by atoms with Crippen molar-refractivity contribution in [3.8, 4) is 0 Å². The summed E-state index contributed by atoms with van der Waals surface area (Å²) in [6.45, 7) is 3.35. The minimum atomic E-state index is -0.303. The number of rotatable bonds is 5. The molecular weight excluding hydrogens is 254 g/mol. The van der Waals surface area contributed by atoms with Crippen LogP contribution < -0.4 is 11.1 Å². The van der Waals surface area contributed by atoms with Crippen LogP contribution in [0.4, 0.5) is 0 Å². The van der Waals surface area contributed by atoms with Crippen molar-refractivity contribution in [2.75, 3.05) is 19.6 Å². The smallest absolute Gasteiger partial charge is 0.240 e. The van der Waals surface area contributed by atoms with Crippen molar-refractivity contribution >= 4 is 11.8 Å². The zero-order valence-corrected chi connectivity index (χ0v) is 12.5. The van der Waals surface area contributed by atoms with Crippen molar-refractivity contribution in [3.05, 3.63) is 0 Å². The fourth-order valence-corrected chi connectivity index (χ4v) is 2.95. The van der Waals surface area contributed by atoms with E-state index in [-0.39, 0.29) is 23.9 Å². The van der Waals surface area contributed by atoms with Crippen LogP contribution in [0.3, 0.4) is 0 Å². The molecule has 1 aliphatic heterocycles. The van der Waals surface area contributed by atoms with E-state index in [0.29, 0.717) is 25.4 Å². The molecule has 0 bridgehead atoms. The van der Waals surface area contributed by atoms with Gasteiger partial charge in [-0.1, -0.05) is 12.8 Å². The van der Waals surface area contributed by atoms with Gasteiger partial charge in [0.15, 0.2) is 0 Å². The molecule has 2 amide bonds. The van der Waals surface area contributed by atoms with Crippen molar-refractivity contribution < 1.29 is 9.59 Å². The number of amides is 2. The Morgan fingerprint density at radius 3 is 2.70 bits per heavy atom. The van der Waals surface area contributed by atoms with Crippen LogP contribution in [0.1, 0.15) is 51.9 Å². The molecule has 1 saturated carbocycles. The Hall–Kier alpha value is -1.10. The van der Waals surface area contributed by atoms with Crippen LogP contribution in [0.25, 0.3) is 0 Å². The molecule has 0 aromatic carbocycles. The van der Waals surface area contributed by atoms with Gasteiger partial charge in [-0.25, -0.2) is 0 Å². The summed E-state index contributed by atoms with van der Waals surface area (Å²) in [5.41, 5.74) is 5.50. The van der Waals surface area contributed by atoms with Gasteiger partial charge in [0.1, 0.15) is 0 Å². The Kier molecular flexibility index (Phi) is 5.02. The van der Waals surface area contributed by atoms with E-state index in [4.69, 9.17) is 5.73 Å². The molecular formula is C15H27N3O2. The third-order valence-electron chi connectivity index (χ3n) is 4.58. The van der Waals surface area contributed by atoms with Crippen molar-refractivity contribution in [2.24, 2.45) is 11.7 Å².